The van der Waals surface area contributed by atoms with Crippen LogP contribution in [-0.4, -0.2) is 34.7 Å². The lowest BCUT2D eigenvalue weighted by atomic mass is 10.2. The monoisotopic (exact) mass is 203 g/mol. The Bertz CT molecular complexity index is 193. The lowest BCUT2D eigenvalue weighted by Crippen LogP contribution is -2.27. The van der Waals surface area contributed by atoms with Crippen LogP contribution in [0, 0.1) is 0 Å². The molecule has 0 amide bonds. The van der Waals surface area contributed by atoms with Crippen LogP contribution in [0.2, 0.25) is 0 Å². The number of carboxylic acid groups (broad SMARTS) is 2. The number of carbonyl (C=O) groups is 2. The molecule has 14 heavy (non-hydrogen) atoms. The zero-order chi connectivity index (χ0) is 11.0. The van der Waals surface area contributed by atoms with E-state index in [4.69, 9.17) is 10.2 Å². The number of nitrogens with one attached hydrogen (secondary N) is 1. The molecule has 5 nitrogen and oxygen atoms in total. The Morgan fingerprint density at radius 2 is 1.79 bits per heavy atom. The number of rotatable bonds is 8. The van der Waals surface area contributed by atoms with Crippen molar-refractivity contribution in [3.63, 3.8) is 0 Å². The molecule has 0 radical (unpaired) electrons. The van der Waals surface area contributed by atoms with Gasteiger partial charge in [-0.05, 0) is 26.3 Å². The van der Waals surface area contributed by atoms with Gasteiger partial charge in [-0.1, -0.05) is 0 Å². The summed E-state index contributed by atoms with van der Waals surface area (Å²) in [5, 5.41) is 19.8. The van der Waals surface area contributed by atoms with Gasteiger partial charge in [-0.3, -0.25) is 9.59 Å². The summed E-state index contributed by atoms with van der Waals surface area (Å²) in [6.07, 6.45) is 1.45. The predicted octanol–water partition coefficient (Wildman–Crippen LogP) is 0.694. The first kappa shape index (κ1) is 12.9. The molecule has 0 aliphatic rings. The van der Waals surface area contributed by atoms with E-state index in [-0.39, 0.29) is 18.9 Å². The molecule has 5 heteroatoms. The standard InChI is InChI=1S/C9H17NO4/c1-7(4-5-9(13)14)10-6-2-3-8(11)12/h7,10H,2-6H2,1H3,(H,11,12)(H,13,14). The first-order valence-electron chi connectivity index (χ1n) is 4.69. The third-order valence-electron chi connectivity index (χ3n) is 1.85. The highest BCUT2D eigenvalue weighted by Crippen LogP contribution is 1.96. The molecule has 3 N–H and O–H groups in total. The Morgan fingerprint density at radius 3 is 2.29 bits per heavy atom. The minimum absolute atomic E-state index is 0.125. The summed E-state index contributed by atoms with van der Waals surface area (Å²) in [5.74, 6) is -1.60. The minimum atomic E-state index is -0.802. The van der Waals surface area contributed by atoms with E-state index in [0.717, 1.165) is 0 Å². The molecule has 0 aromatic rings. The van der Waals surface area contributed by atoms with E-state index < -0.39 is 11.9 Å². The molecule has 0 aromatic carbocycles. The molecule has 1 unspecified atom stereocenters. The Kier molecular flexibility index (Phi) is 6.74. The van der Waals surface area contributed by atoms with Crippen molar-refractivity contribution >= 4 is 11.9 Å². The highest BCUT2D eigenvalue weighted by molar-refractivity contribution is 5.66. The number of carboxylic acids is 2. The van der Waals surface area contributed by atoms with E-state index in [0.29, 0.717) is 19.4 Å². The smallest absolute Gasteiger partial charge is 0.303 e. The van der Waals surface area contributed by atoms with Crippen molar-refractivity contribution in [3.8, 4) is 0 Å². The quantitative estimate of drug-likeness (QED) is 0.505. The topological polar surface area (TPSA) is 86.6 Å². The lowest BCUT2D eigenvalue weighted by Gasteiger charge is -2.11. The second-order valence-corrected chi connectivity index (χ2v) is 3.28. The predicted molar refractivity (Wildman–Crippen MR) is 51.2 cm³/mol. The van der Waals surface area contributed by atoms with E-state index in [1.54, 1.807) is 0 Å². The molecule has 0 saturated heterocycles. The maximum absolute atomic E-state index is 10.2. The molecule has 0 heterocycles. The van der Waals surface area contributed by atoms with E-state index in [1.165, 1.54) is 0 Å². The Morgan fingerprint density at radius 1 is 1.21 bits per heavy atom. The first-order valence-corrected chi connectivity index (χ1v) is 4.69. The van der Waals surface area contributed by atoms with Crippen molar-refractivity contribution in [1.29, 1.82) is 0 Å². The van der Waals surface area contributed by atoms with Crippen LogP contribution in [0.15, 0.2) is 0 Å². The third-order valence-corrected chi connectivity index (χ3v) is 1.85. The molecule has 0 rings (SSSR count). The van der Waals surface area contributed by atoms with Crippen LogP contribution in [0.4, 0.5) is 0 Å². The summed E-state index contributed by atoms with van der Waals surface area (Å²) in [4.78, 5) is 20.4. The fourth-order valence-corrected chi connectivity index (χ4v) is 1.03. The molecule has 0 aliphatic heterocycles. The summed E-state index contributed by atoms with van der Waals surface area (Å²) in [5.41, 5.74) is 0. The van der Waals surface area contributed by atoms with E-state index >= 15 is 0 Å². The highest BCUT2D eigenvalue weighted by Gasteiger charge is 2.04. The van der Waals surface area contributed by atoms with Gasteiger partial charge in [0, 0.05) is 18.9 Å². The average Bonchev–Trinajstić information content (AvgIpc) is 2.08. The Labute approximate surface area is 83.1 Å². The fourth-order valence-electron chi connectivity index (χ4n) is 1.03. The molecule has 0 aliphatic carbocycles. The maximum Gasteiger partial charge on any atom is 0.303 e. The third kappa shape index (κ3) is 8.99. The summed E-state index contributed by atoms with van der Waals surface area (Å²) in [6.45, 7) is 2.51. The van der Waals surface area contributed by atoms with Crippen LogP contribution in [0.25, 0.3) is 0 Å². The average molecular weight is 203 g/mol. The van der Waals surface area contributed by atoms with Gasteiger partial charge in [-0.25, -0.2) is 0 Å². The van der Waals surface area contributed by atoms with Gasteiger partial charge in [0.2, 0.25) is 0 Å². The summed E-state index contributed by atoms with van der Waals surface area (Å²) >= 11 is 0. The minimum Gasteiger partial charge on any atom is -0.481 e. The van der Waals surface area contributed by atoms with Gasteiger partial charge in [-0.15, -0.1) is 0 Å². The molecule has 0 bridgehead atoms. The number of aliphatic carboxylic acids is 2. The van der Waals surface area contributed by atoms with Crippen LogP contribution in [0.5, 0.6) is 0 Å². The lowest BCUT2D eigenvalue weighted by molar-refractivity contribution is -0.138. The molecule has 0 fully saturated rings. The van der Waals surface area contributed by atoms with Crippen molar-refractivity contribution in [3.05, 3.63) is 0 Å². The van der Waals surface area contributed by atoms with Crippen LogP contribution in [0.1, 0.15) is 32.6 Å². The summed E-state index contributed by atoms with van der Waals surface area (Å²) < 4.78 is 0. The Hall–Kier alpha value is -1.10. The van der Waals surface area contributed by atoms with Gasteiger partial charge >= 0.3 is 11.9 Å². The van der Waals surface area contributed by atoms with Crippen LogP contribution >= 0.6 is 0 Å². The molecule has 0 spiro atoms. The van der Waals surface area contributed by atoms with Gasteiger partial charge in [0.05, 0.1) is 0 Å². The van der Waals surface area contributed by atoms with Gasteiger partial charge in [0.1, 0.15) is 0 Å². The molecule has 0 saturated carbocycles. The van der Waals surface area contributed by atoms with Crippen molar-refractivity contribution < 1.29 is 19.8 Å². The first-order chi connectivity index (χ1) is 6.52. The zero-order valence-electron chi connectivity index (χ0n) is 8.32. The summed E-state index contributed by atoms with van der Waals surface area (Å²) in [7, 11) is 0. The maximum atomic E-state index is 10.2. The summed E-state index contributed by atoms with van der Waals surface area (Å²) in [6, 6.07) is 0.125. The van der Waals surface area contributed by atoms with Gasteiger partial charge in [-0.2, -0.15) is 0 Å². The largest absolute Gasteiger partial charge is 0.481 e. The van der Waals surface area contributed by atoms with Crippen molar-refractivity contribution in [2.75, 3.05) is 6.54 Å². The Balaban J connectivity index is 3.30. The van der Waals surface area contributed by atoms with E-state index in [1.807, 2.05) is 6.92 Å². The van der Waals surface area contributed by atoms with Gasteiger partial charge < -0.3 is 15.5 Å². The van der Waals surface area contributed by atoms with Crippen molar-refractivity contribution in [2.24, 2.45) is 0 Å². The molecule has 0 aromatic heterocycles. The second kappa shape index (κ2) is 7.32. The van der Waals surface area contributed by atoms with Gasteiger partial charge in [0.25, 0.3) is 0 Å². The van der Waals surface area contributed by atoms with Crippen molar-refractivity contribution in [2.45, 2.75) is 38.6 Å². The van der Waals surface area contributed by atoms with Crippen LogP contribution < -0.4 is 5.32 Å². The number of hydrogen-bond donors (Lipinski definition) is 3. The van der Waals surface area contributed by atoms with Gasteiger partial charge in [0.15, 0.2) is 0 Å². The van der Waals surface area contributed by atoms with E-state index in [9.17, 15) is 9.59 Å². The zero-order valence-corrected chi connectivity index (χ0v) is 8.32. The molecular formula is C9H17NO4. The molecule has 82 valence electrons. The fraction of sp³-hybridized carbons (Fsp3) is 0.778. The second-order valence-electron chi connectivity index (χ2n) is 3.28. The van der Waals surface area contributed by atoms with Crippen LogP contribution in [-0.2, 0) is 9.59 Å². The number of hydrogen-bond acceptors (Lipinski definition) is 3. The highest BCUT2D eigenvalue weighted by atomic mass is 16.4. The van der Waals surface area contributed by atoms with Crippen LogP contribution in [0.3, 0.4) is 0 Å². The normalized spacial score (nSPS) is 12.4. The molecular weight excluding hydrogens is 186 g/mol. The SMILES string of the molecule is CC(CCC(=O)O)NCCCC(=O)O. The van der Waals surface area contributed by atoms with E-state index in [2.05, 4.69) is 5.32 Å². The van der Waals surface area contributed by atoms with Crippen molar-refractivity contribution in [1.82, 2.24) is 5.32 Å². The molecule has 1 atom stereocenters.